The molecule has 0 saturated heterocycles. The maximum absolute atomic E-state index is 12.4. The Labute approximate surface area is 167 Å². The Balaban J connectivity index is 1.62. The first-order valence-electron chi connectivity index (χ1n) is 8.48. The Bertz CT molecular complexity index is 1050. The van der Waals surface area contributed by atoms with Crippen molar-refractivity contribution in [1.29, 1.82) is 0 Å². The molecule has 0 aliphatic heterocycles. The van der Waals surface area contributed by atoms with Crippen molar-refractivity contribution < 1.29 is 22.7 Å². The van der Waals surface area contributed by atoms with Crippen LogP contribution in [-0.2, 0) is 14.8 Å². The number of aryl methyl sites for hydroxylation is 1. The van der Waals surface area contributed by atoms with Gasteiger partial charge in [0.15, 0.2) is 0 Å². The van der Waals surface area contributed by atoms with Gasteiger partial charge in [-0.25, -0.2) is 13.2 Å². The van der Waals surface area contributed by atoms with Gasteiger partial charge in [-0.05, 0) is 42.1 Å². The van der Waals surface area contributed by atoms with Crippen LogP contribution in [0.15, 0.2) is 70.3 Å². The van der Waals surface area contributed by atoms with Gasteiger partial charge in [-0.3, -0.25) is 4.72 Å². The molecule has 2 aromatic carbocycles. The number of hydrogen-bond donors (Lipinski definition) is 1. The zero-order chi connectivity index (χ0) is 20.0. The van der Waals surface area contributed by atoms with E-state index >= 15 is 0 Å². The van der Waals surface area contributed by atoms with Crippen LogP contribution in [0.25, 0.3) is 0 Å². The fraction of sp³-hybridized carbons (Fsp3) is 0.150. The largest absolute Gasteiger partial charge is 0.490 e. The summed E-state index contributed by atoms with van der Waals surface area (Å²) in [7, 11) is -3.76. The quantitative estimate of drug-likeness (QED) is 0.441. The summed E-state index contributed by atoms with van der Waals surface area (Å²) < 4.78 is 38.3. The van der Waals surface area contributed by atoms with E-state index in [2.05, 4.69) is 4.72 Å². The molecule has 3 aromatic rings. The van der Waals surface area contributed by atoms with Crippen molar-refractivity contribution in [2.24, 2.45) is 0 Å². The number of rotatable bonds is 8. The molecule has 0 aliphatic rings. The van der Waals surface area contributed by atoms with Crippen LogP contribution in [0.1, 0.15) is 15.9 Å². The molecule has 0 unspecified atom stereocenters. The van der Waals surface area contributed by atoms with E-state index in [-0.39, 0.29) is 28.7 Å². The summed E-state index contributed by atoms with van der Waals surface area (Å²) >= 11 is 1.10. The second kappa shape index (κ2) is 8.90. The van der Waals surface area contributed by atoms with Crippen molar-refractivity contribution in [2.75, 3.05) is 17.9 Å². The lowest BCUT2D eigenvalue weighted by Crippen LogP contribution is -2.17. The van der Waals surface area contributed by atoms with Crippen molar-refractivity contribution in [3.05, 3.63) is 77.2 Å². The molecule has 0 saturated carbocycles. The molecule has 3 rings (SSSR count). The lowest BCUT2D eigenvalue weighted by atomic mass is 10.2. The highest BCUT2D eigenvalue weighted by atomic mass is 32.2. The van der Waals surface area contributed by atoms with Crippen molar-refractivity contribution >= 4 is 33.0 Å². The first-order valence-corrected chi connectivity index (χ1v) is 10.8. The van der Waals surface area contributed by atoms with Crippen molar-refractivity contribution in [2.45, 2.75) is 11.1 Å². The molecule has 6 nitrogen and oxygen atoms in total. The predicted octanol–water partition coefficient (Wildman–Crippen LogP) is 4.09. The predicted molar refractivity (Wildman–Crippen MR) is 109 cm³/mol. The number of para-hydroxylation sites is 2. The molecule has 146 valence electrons. The van der Waals surface area contributed by atoms with Crippen LogP contribution in [-0.4, -0.2) is 27.6 Å². The van der Waals surface area contributed by atoms with E-state index < -0.39 is 16.0 Å². The number of esters is 1. The summed E-state index contributed by atoms with van der Waals surface area (Å²) in [6, 6.07) is 17.0. The van der Waals surface area contributed by atoms with Gasteiger partial charge >= 0.3 is 5.97 Å². The fourth-order valence-corrected chi connectivity index (χ4v) is 4.52. The highest BCUT2D eigenvalue weighted by molar-refractivity contribution is 7.94. The summed E-state index contributed by atoms with van der Waals surface area (Å²) in [5.41, 5.74) is 1.29. The summed E-state index contributed by atoms with van der Waals surface area (Å²) in [4.78, 5) is 12.4. The maximum Gasteiger partial charge on any atom is 0.340 e. The number of anilines is 1. The zero-order valence-corrected chi connectivity index (χ0v) is 16.8. The molecule has 1 N–H and O–H groups in total. The van der Waals surface area contributed by atoms with Gasteiger partial charge in [0.1, 0.15) is 23.2 Å². The summed E-state index contributed by atoms with van der Waals surface area (Å²) in [5.74, 6) is 0.0977. The molecule has 8 heteroatoms. The molecular formula is C20H19NO5S2. The maximum atomic E-state index is 12.4. The number of nitrogens with one attached hydrogen (secondary N) is 1. The molecule has 0 atom stereocenters. The average Bonchev–Trinajstić information content (AvgIpc) is 3.22. The van der Waals surface area contributed by atoms with E-state index in [9.17, 15) is 13.2 Å². The Morgan fingerprint density at radius 3 is 2.50 bits per heavy atom. The van der Waals surface area contributed by atoms with Crippen LogP contribution >= 0.6 is 11.3 Å². The van der Waals surface area contributed by atoms with Gasteiger partial charge in [-0.15, -0.1) is 11.3 Å². The monoisotopic (exact) mass is 417 g/mol. The zero-order valence-electron chi connectivity index (χ0n) is 15.1. The molecule has 28 heavy (non-hydrogen) atoms. The van der Waals surface area contributed by atoms with Gasteiger partial charge < -0.3 is 9.47 Å². The van der Waals surface area contributed by atoms with Gasteiger partial charge in [0.05, 0.1) is 11.3 Å². The van der Waals surface area contributed by atoms with Gasteiger partial charge in [0, 0.05) is 0 Å². The van der Waals surface area contributed by atoms with Crippen LogP contribution < -0.4 is 9.46 Å². The Morgan fingerprint density at radius 2 is 1.75 bits per heavy atom. The van der Waals surface area contributed by atoms with Gasteiger partial charge in [-0.1, -0.05) is 36.4 Å². The molecule has 0 spiro atoms. The third kappa shape index (κ3) is 4.90. The number of carbonyl (C=O) groups excluding carboxylic acids is 1. The molecule has 0 bridgehead atoms. The Kier molecular flexibility index (Phi) is 6.33. The average molecular weight is 418 g/mol. The second-order valence-electron chi connectivity index (χ2n) is 5.83. The normalized spacial score (nSPS) is 11.0. The van der Waals surface area contributed by atoms with E-state index in [1.807, 2.05) is 31.2 Å². The van der Waals surface area contributed by atoms with E-state index in [1.54, 1.807) is 23.6 Å². The van der Waals surface area contributed by atoms with Crippen molar-refractivity contribution in [1.82, 2.24) is 0 Å². The summed E-state index contributed by atoms with van der Waals surface area (Å²) in [6.45, 7) is 2.16. The van der Waals surface area contributed by atoms with Gasteiger partial charge in [0.25, 0.3) is 10.0 Å². The number of benzene rings is 2. The molecule has 1 aromatic heterocycles. The van der Waals surface area contributed by atoms with Gasteiger partial charge in [0.2, 0.25) is 0 Å². The third-order valence-corrected chi connectivity index (χ3v) is 6.58. The second-order valence-corrected chi connectivity index (χ2v) is 8.69. The van der Waals surface area contributed by atoms with Crippen molar-refractivity contribution in [3.63, 3.8) is 0 Å². The number of hydrogen-bond acceptors (Lipinski definition) is 6. The van der Waals surface area contributed by atoms with Crippen LogP contribution in [0.5, 0.6) is 5.75 Å². The minimum atomic E-state index is -3.76. The third-order valence-electron chi connectivity index (χ3n) is 3.82. The highest BCUT2D eigenvalue weighted by Gasteiger charge is 2.20. The molecule has 1 heterocycles. The van der Waals surface area contributed by atoms with Crippen LogP contribution in [0.4, 0.5) is 5.69 Å². The lowest BCUT2D eigenvalue weighted by molar-refractivity contribution is 0.0451. The first kappa shape index (κ1) is 19.9. The highest BCUT2D eigenvalue weighted by Crippen LogP contribution is 2.23. The first-order chi connectivity index (χ1) is 13.5. The number of sulfonamides is 1. The van der Waals surface area contributed by atoms with E-state index in [0.717, 1.165) is 22.6 Å². The smallest absolute Gasteiger partial charge is 0.340 e. The fourth-order valence-electron chi connectivity index (χ4n) is 2.44. The van der Waals surface area contributed by atoms with E-state index in [4.69, 9.17) is 9.47 Å². The minimum absolute atomic E-state index is 0.0408. The van der Waals surface area contributed by atoms with Crippen LogP contribution in [0, 0.1) is 6.92 Å². The Morgan fingerprint density at radius 1 is 1.00 bits per heavy atom. The molecule has 0 amide bonds. The Hall–Kier alpha value is -2.84. The number of ether oxygens (including phenoxy) is 2. The summed E-state index contributed by atoms with van der Waals surface area (Å²) in [5, 5.41) is 1.67. The summed E-state index contributed by atoms with van der Waals surface area (Å²) in [6.07, 6.45) is 0. The van der Waals surface area contributed by atoms with Crippen LogP contribution in [0.2, 0.25) is 0 Å². The van der Waals surface area contributed by atoms with Crippen molar-refractivity contribution in [3.8, 4) is 5.75 Å². The molecule has 0 fully saturated rings. The van der Waals surface area contributed by atoms with E-state index in [0.29, 0.717) is 0 Å². The molecule has 0 aliphatic carbocycles. The number of carbonyl (C=O) groups is 1. The molecule has 0 radical (unpaired) electrons. The minimum Gasteiger partial charge on any atom is -0.490 e. The SMILES string of the molecule is Cc1ccccc1OCCOC(=O)c1ccccc1NS(=O)(=O)c1cccs1. The van der Waals surface area contributed by atoms with Gasteiger partial charge in [-0.2, -0.15) is 0 Å². The van der Waals surface area contributed by atoms with E-state index in [1.165, 1.54) is 18.2 Å². The lowest BCUT2D eigenvalue weighted by Gasteiger charge is -2.12. The standard InChI is InChI=1S/C20H19NO5S2/c1-15-7-2-5-10-18(15)25-12-13-26-20(22)16-8-3-4-9-17(16)21-28(23,24)19-11-6-14-27-19/h2-11,14,21H,12-13H2,1H3. The number of thiophene rings is 1. The molecular weight excluding hydrogens is 398 g/mol. The van der Waals surface area contributed by atoms with Crippen LogP contribution in [0.3, 0.4) is 0 Å². The topological polar surface area (TPSA) is 81.7 Å².